The normalized spacial score (nSPS) is 13.7. The number of rotatable bonds is 5. The second-order valence-electron chi connectivity index (χ2n) is 8.30. The first-order valence-corrected chi connectivity index (χ1v) is 13.3. The first-order chi connectivity index (χ1) is 16.6. The fourth-order valence-electron chi connectivity index (χ4n) is 4.19. The van der Waals surface area contributed by atoms with E-state index in [1.807, 2.05) is 36.7 Å². The molecule has 1 aliphatic rings. The Bertz CT molecular complexity index is 1580. The molecule has 3 aromatic carbocycles. The third-order valence-corrected chi connectivity index (χ3v) is 8.11. The molecule has 2 heterocycles. The smallest absolute Gasteiger partial charge is 0.264 e. The molecule has 1 aromatic heterocycles. The van der Waals surface area contributed by atoms with Crippen LogP contribution in [0.15, 0.2) is 70.2 Å². The van der Waals surface area contributed by atoms with E-state index in [-0.39, 0.29) is 16.7 Å². The second-order valence-corrected chi connectivity index (χ2v) is 11.3. The van der Waals surface area contributed by atoms with Crippen LogP contribution >= 0.6 is 27.5 Å². The molecule has 10 heteroatoms. The monoisotopic (exact) mass is 574 g/mol. The van der Waals surface area contributed by atoms with Crippen molar-refractivity contribution in [2.24, 2.45) is 7.05 Å². The van der Waals surface area contributed by atoms with Crippen molar-refractivity contribution in [1.82, 2.24) is 9.29 Å². The molecular weight excluding hydrogens is 556 g/mol. The summed E-state index contributed by atoms with van der Waals surface area (Å²) >= 11 is 10.1. The number of nitrogens with zero attached hydrogens (tertiary/aromatic N) is 1. The van der Waals surface area contributed by atoms with Crippen LogP contribution in [0.3, 0.4) is 0 Å². The summed E-state index contributed by atoms with van der Waals surface area (Å²) in [6, 6.07) is 15.2. The van der Waals surface area contributed by atoms with Gasteiger partial charge in [-0.25, -0.2) is 13.1 Å². The average molecular weight is 576 g/mol. The van der Waals surface area contributed by atoms with Crippen molar-refractivity contribution in [1.29, 1.82) is 0 Å². The predicted molar refractivity (Wildman–Crippen MR) is 137 cm³/mol. The molecule has 4 aromatic rings. The molecule has 1 unspecified atom stereocenters. The quantitative estimate of drug-likeness (QED) is 0.350. The highest BCUT2D eigenvalue weighted by Crippen LogP contribution is 2.43. The van der Waals surface area contributed by atoms with E-state index < -0.39 is 21.8 Å². The molecule has 0 saturated carbocycles. The van der Waals surface area contributed by atoms with Gasteiger partial charge in [-0.15, -0.1) is 0 Å². The predicted octanol–water partition coefficient (Wildman–Crippen LogP) is 5.27. The minimum Gasteiger partial charge on any atom is -0.454 e. The number of nitrogens with one attached hydrogen (secondary N) is 1. The largest absolute Gasteiger partial charge is 0.454 e. The van der Waals surface area contributed by atoms with E-state index in [9.17, 15) is 13.2 Å². The summed E-state index contributed by atoms with van der Waals surface area (Å²) in [7, 11) is -2.27. The van der Waals surface area contributed by atoms with E-state index in [1.165, 1.54) is 12.1 Å². The van der Waals surface area contributed by atoms with Gasteiger partial charge in [0.25, 0.3) is 10.0 Å². The molecule has 0 bridgehead atoms. The third kappa shape index (κ3) is 4.39. The fraction of sp³-hybridized carbons (Fsp3) is 0.160. The second kappa shape index (κ2) is 8.89. The van der Waals surface area contributed by atoms with Gasteiger partial charge in [0.1, 0.15) is 0 Å². The van der Waals surface area contributed by atoms with Gasteiger partial charge in [0.15, 0.2) is 11.5 Å². The van der Waals surface area contributed by atoms with Crippen LogP contribution in [0.4, 0.5) is 0 Å². The number of aryl methyl sites for hydroxylation is 2. The van der Waals surface area contributed by atoms with Gasteiger partial charge in [-0.2, -0.15) is 0 Å². The number of ether oxygens (including phenoxy) is 2. The zero-order valence-corrected chi connectivity index (χ0v) is 21.9. The topological polar surface area (TPSA) is 86.6 Å². The van der Waals surface area contributed by atoms with E-state index in [1.54, 1.807) is 30.5 Å². The molecule has 180 valence electrons. The molecule has 1 amide bonds. The highest BCUT2D eigenvalue weighted by molar-refractivity contribution is 9.10. The lowest BCUT2D eigenvalue weighted by Gasteiger charge is -2.19. The first-order valence-electron chi connectivity index (χ1n) is 10.6. The zero-order chi connectivity index (χ0) is 24.9. The molecule has 0 fully saturated rings. The number of fused-ring (bicyclic) bond motifs is 2. The molecule has 35 heavy (non-hydrogen) atoms. The lowest BCUT2D eigenvalue weighted by atomic mass is 9.90. The molecule has 0 radical (unpaired) electrons. The van der Waals surface area contributed by atoms with Crippen LogP contribution in [0.25, 0.3) is 10.9 Å². The summed E-state index contributed by atoms with van der Waals surface area (Å²) in [5.74, 6) is -0.873. The number of sulfonamides is 1. The molecule has 5 rings (SSSR count). The van der Waals surface area contributed by atoms with Gasteiger partial charge in [-0.3, -0.25) is 4.79 Å². The SMILES string of the molecule is Cc1ccc(S(=O)(=O)NC(=O)C(c2cc3c(cc2Cl)OCO3)c2cn(C)c3cc(Br)ccc23)cc1. The average Bonchev–Trinajstić information content (AvgIpc) is 3.38. The zero-order valence-electron chi connectivity index (χ0n) is 18.7. The van der Waals surface area contributed by atoms with E-state index in [4.69, 9.17) is 21.1 Å². The summed E-state index contributed by atoms with van der Waals surface area (Å²) in [6.45, 7) is 1.89. The van der Waals surface area contributed by atoms with Crippen LogP contribution in [0.5, 0.6) is 11.5 Å². The van der Waals surface area contributed by atoms with Crippen LogP contribution in [-0.2, 0) is 21.9 Å². The number of hydrogen-bond acceptors (Lipinski definition) is 5. The number of carbonyl (C=O) groups is 1. The van der Waals surface area contributed by atoms with Crippen molar-refractivity contribution < 1.29 is 22.7 Å². The molecule has 7 nitrogen and oxygen atoms in total. The Morgan fingerprint density at radius 1 is 1.06 bits per heavy atom. The van der Waals surface area contributed by atoms with Crippen molar-refractivity contribution in [3.8, 4) is 11.5 Å². The standard InChI is InChI=1S/C25H20BrClN2O5S/c1-14-3-6-16(7-4-14)35(31,32)28-25(30)24(18-10-22-23(11-20(18)27)34-13-33-22)19-12-29(2)21-9-15(26)5-8-17(19)21/h3-12,24H,13H2,1-2H3,(H,28,30). The summed E-state index contributed by atoms with van der Waals surface area (Å²) in [5, 5.41) is 1.05. The maximum atomic E-state index is 13.7. The van der Waals surface area contributed by atoms with E-state index in [0.717, 1.165) is 20.9 Å². The van der Waals surface area contributed by atoms with Gasteiger partial charge in [-0.1, -0.05) is 51.3 Å². The van der Waals surface area contributed by atoms with Crippen LogP contribution < -0.4 is 14.2 Å². The number of halogens is 2. The third-order valence-electron chi connectivity index (χ3n) is 5.93. The Labute approximate surface area is 215 Å². The lowest BCUT2D eigenvalue weighted by molar-refractivity contribution is -0.119. The maximum absolute atomic E-state index is 13.7. The number of benzene rings is 3. The summed E-state index contributed by atoms with van der Waals surface area (Å²) in [6.07, 6.45) is 1.81. The number of aromatic nitrogens is 1. The number of hydrogen-bond donors (Lipinski definition) is 1. The Morgan fingerprint density at radius 2 is 1.74 bits per heavy atom. The van der Waals surface area contributed by atoms with Crippen LogP contribution in [0.2, 0.25) is 5.02 Å². The minimum absolute atomic E-state index is 0.00571. The van der Waals surface area contributed by atoms with Gasteiger partial charge in [0.05, 0.1) is 10.8 Å². The fourth-order valence-corrected chi connectivity index (χ4v) is 5.80. The first kappa shape index (κ1) is 23.7. The van der Waals surface area contributed by atoms with Crippen molar-refractivity contribution in [2.75, 3.05) is 6.79 Å². The number of carbonyl (C=O) groups excluding carboxylic acids is 1. The Kier molecular flexibility index (Phi) is 6.03. The molecule has 0 spiro atoms. The molecule has 1 N–H and O–H groups in total. The molecular formula is C25H20BrClN2O5S. The van der Waals surface area contributed by atoms with Gasteiger partial charge in [0.2, 0.25) is 12.7 Å². The van der Waals surface area contributed by atoms with E-state index in [0.29, 0.717) is 22.6 Å². The van der Waals surface area contributed by atoms with Crippen molar-refractivity contribution in [3.63, 3.8) is 0 Å². The van der Waals surface area contributed by atoms with Crippen molar-refractivity contribution in [2.45, 2.75) is 17.7 Å². The van der Waals surface area contributed by atoms with Crippen LogP contribution in [-0.4, -0.2) is 25.7 Å². The van der Waals surface area contributed by atoms with Gasteiger partial charge >= 0.3 is 0 Å². The van der Waals surface area contributed by atoms with Crippen molar-refractivity contribution >= 4 is 54.4 Å². The van der Waals surface area contributed by atoms with Gasteiger partial charge < -0.3 is 14.0 Å². The van der Waals surface area contributed by atoms with E-state index in [2.05, 4.69) is 20.7 Å². The summed E-state index contributed by atoms with van der Waals surface area (Å²) in [5.41, 5.74) is 2.78. The summed E-state index contributed by atoms with van der Waals surface area (Å²) in [4.78, 5) is 13.7. The highest BCUT2D eigenvalue weighted by atomic mass is 79.9. The molecule has 0 saturated heterocycles. The Hall–Kier alpha value is -3.01. The lowest BCUT2D eigenvalue weighted by Crippen LogP contribution is -2.35. The Morgan fingerprint density at radius 3 is 2.46 bits per heavy atom. The molecule has 0 aliphatic carbocycles. The number of amides is 1. The van der Waals surface area contributed by atoms with E-state index >= 15 is 0 Å². The van der Waals surface area contributed by atoms with Crippen molar-refractivity contribution in [3.05, 3.63) is 87.0 Å². The van der Waals surface area contributed by atoms with Crippen LogP contribution in [0.1, 0.15) is 22.6 Å². The van der Waals surface area contributed by atoms with Crippen LogP contribution in [0, 0.1) is 6.92 Å². The maximum Gasteiger partial charge on any atom is 0.264 e. The molecule has 1 aliphatic heterocycles. The Balaban J connectivity index is 1.65. The van der Waals surface area contributed by atoms with Gasteiger partial charge in [0, 0.05) is 39.7 Å². The highest BCUT2D eigenvalue weighted by Gasteiger charge is 2.33. The molecule has 1 atom stereocenters. The minimum atomic E-state index is -4.13. The summed E-state index contributed by atoms with van der Waals surface area (Å²) < 4.78 is 42.1. The van der Waals surface area contributed by atoms with Gasteiger partial charge in [-0.05, 0) is 48.4 Å².